The van der Waals surface area contributed by atoms with Crippen LogP contribution in [0.25, 0.3) is 22.2 Å². The molecule has 9 heteroatoms. The van der Waals surface area contributed by atoms with Crippen LogP contribution < -0.4 is 16.4 Å². The van der Waals surface area contributed by atoms with Crippen molar-refractivity contribution in [1.29, 1.82) is 5.41 Å². The lowest BCUT2D eigenvalue weighted by Crippen LogP contribution is -2.25. The first-order chi connectivity index (χ1) is 18.9. The summed E-state index contributed by atoms with van der Waals surface area (Å²) in [6.45, 7) is 2.48. The Morgan fingerprint density at radius 3 is 2.59 bits per heavy atom. The van der Waals surface area contributed by atoms with E-state index < -0.39 is 0 Å². The molecule has 0 radical (unpaired) electrons. The monoisotopic (exact) mass is 526 g/mol. The third kappa shape index (κ3) is 7.87. The number of nitrogens with zero attached hydrogens (tertiary/aromatic N) is 3. The highest BCUT2D eigenvalue weighted by Gasteiger charge is 2.09. The first kappa shape index (κ1) is 27.8. The number of aromatic amines is 1. The summed E-state index contributed by atoms with van der Waals surface area (Å²) in [6.07, 6.45) is 8.91. The highest BCUT2D eigenvalue weighted by molar-refractivity contribution is 6.07. The molecular formula is C30H38N8O. The quantitative estimate of drug-likeness (QED) is 0.0938. The topological polar surface area (TPSA) is 136 Å². The molecular weight excluding hydrogens is 488 g/mol. The summed E-state index contributed by atoms with van der Waals surface area (Å²) in [7, 11) is 4.21. The molecule has 204 valence electrons. The zero-order valence-corrected chi connectivity index (χ0v) is 22.8. The zero-order valence-electron chi connectivity index (χ0n) is 22.8. The number of hydrogen-bond donors (Lipinski definition) is 5. The number of hydrogen-bond acceptors (Lipinski definition) is 6. The maximum atomic E-state index is 12.7. The van der Waals surface area contributed by atoms with Gasteiger partial charge >= 0.3 is 0 Å². The Hall–Kier alpha value is -4.24. The van der Waals surface area contributed by atoms with E-state index in [1.807, 2.05) is 48.5 Å². The lowest BCUT2D eigenvalue weighted by Gasteiger charge is -2.09. The molecule has 2 aromatic heterocycles. The van der Waals surface area contributed by atoms with E-state index in [0.29, 0.717) is 30.0 Å². The van der Waals surface area contributed by atoms with E-state index in [1.54, 1.807) is 12.4 Å². The van der Waals surface area contributed by atoms with Gasteiger partial charge in [0.1, 0.15) is 5.84 Å². The number of unbranched alkanes of at least 4 members (excludes halogenated alkanes) is 3. The maximum absolute atomic E-state index is 12.7. The van der Waals surface area contributed by atoms with Crippen LogP contribution in [0.5, 0.6) is 0 Å². The van der Waals surface area contributed by atoms with Crippen LogP contribution in [0.15, 0.2) is 60.9 Å². The van der Waals surface area contributed by atoms with Crippen LogP contribution in [0.2, 0.25) is 0 Å². The van der Waals surface area contributed by atoms with Gasteiger partial charge < -0.3 is 26.3 Å². The number of nitrogen functional groups attached to an aromatic ring is 1. The van der Waals surface area contributed by atoms with Crippen molar-refractivity contribution in [3.8, 4) is 11.3 Å². The average molecular weight is 527 g/mol. The maximum Gasteiger partial charge on any atom is 0.251 e. The number of H-pyrrole nitrogens is 1. The fourth-order valence-electron chi connectivity index (χ4n) is 4.47. The minimum absolute atomic E-state index is 0.0336. The van der Waals surface area contributed by atoms with Gasteiger partial charge in [0.25, 0.3) is 5.91 Å². The Labute approximate surface area is 229 Å². The largest absolute Gasteiger partial charge is 0.384 e. The molecule has 0 aliphatic rings. The molecule has 0 fully saturated rings. The average Bonchev–Trinajstić information content (AvgIpc) is 3.36. The summed E-state index contributed by atoms with van der Waals surface area (Å²) in [5, 5.41) is 15.0. The van der Waals surface area contributed by atoms with Crippen LogP contribution in [0.3, 0.4) is 0 Å². The minimum Gasteiger partial charge on any atom is -0.384 e. The summed E-state index contributed by atoms with van der Waals surface area (Å²) in [4.78, 5) is 27.0. The van der Waals surface area contributed by atoms with E-state index in [0.717, 1.165) is 47.2 Å². The van der Waals surface area contributed by atoms with E-state index in [4.69, 9.17) is 11.1 Å². The highest BCUT2D eigenvalue weighted by atomic mass is 16.1. The Morgan fingerprint density at radius 1 is 1.03 bits per heavy atom. The van der Waals surface area contributed by atoms with Gasteiger partial charge in [-0.25, -0.2) is 9.97 Å². The van der Waals surface area contributed by atoms with E-state index in [1.165, 1.54) is 19.3 Å². The zero-order chi connectivity index (χ0) is 27.6. The first-order valence-corrected chi connectivity index (χ1v) is 13.5. The van der Waals surface area contributed by atoms with Crippen molar-refractivity contribution in [2.75, 3.05) is 39.0 Å². The SMILES string of the molecule is CN(C)CCCCCCNc1nccc(-c2ccc(C(=O)NCCc3ccc4[nH]cc(C(=N)N)c4c3)cc2)n1. The number of carbonyl (C=O) groups excluding carboxylic acids is 1. The number of amides is 1. The van der Waals surface area contributed by atoms with E-state index in [2.05, 4.69) is 44.6 Å². The van der Waals surface area contributed by atoms with Gasteiger partial charge in [-0.15, -0.1) is 0 Å². The highest BCUT2D eigenvalue weighted by Crippen LogP contribution is 2.20. The molecule has 9 nitrogen and oxygen atoms in total. The second-order valence-corrected chi connectivity index (χ2v) is 9.99. The Bertz CT molecular complexity index is 1390. The summed E-state index contributed by atoms with van der Waals surface area (Å²) < 4.78 is 0. The molecule has 0 aliphatic carbocycles. The summed E-state index contributed by atoms with van der Waals surface area (Å²) in [5.41, 5.74) is 10.7. The molecule has 6 N–H and O–H groups in total. The van der Waals surface area contributed by atoms with Gasteiger partial charge in [-0.2, -0.15) is 0 Å². The van der Waals surface area contributed by atoms with Gasteiger partial charge in [0, 0.05) is 53.1 Å². The van der Waals surface area contributed by atoms with Gasteiger partial charge in [0.2, 0.25) is 5.95 Å². The Morgan fingerprint density at radius 2 is 1.82 bits per heavy atom. The number of aromatic nitrogens is 3. The number of nitrogens with two attached hydrogens (primary N) is 1. The fraction of sp³-hybridized carbons (Fsp3) is 0.333. The lowest BCUT2D eigenvalue weighted by atomic mass is 10.1. The number of fused-ring (bicyclic) bond motifs is 1. The molecule has 0 atom stereocenters. The molecule has 4 rings (SSSR count). The van der Waals surface area contributed by atoms with Gasteiger partial charge in [-0.1, -0.05) is 31.0 Å². The van der Waals surface area contributed by atoms with Crippen molar-refractivity contribution < 1.29 is 4.79 Å². The molecule has 2 heterocycles. The number of carbonyl (C=O) groups is 1. The summed E-state index contributed by atoms with van der Waals surface area (Å²) >= 11 is 0. The molecule has 2 aromatic carbocycles. The van der Waals surface area contributed by atoms with E-state index >= 15 is 0 Å². The standard InChI is InChI=1S/C30H38N8O/c1-38(2)18-6-4-3-5-15-34-30-35-17-14-26(37-30)22-8-10-23(11-9-22)29(39)33-16-13-21-7-12-27-24(19-21)25(20-36-27)28(31)32/h7-12,14,17,19-20,36H,3-6,13,15-16,18H2,1-2H3,(H3,31,32)(H,33,39)(H,34,35,37). The molecule has 0 unspecified atom stereocenters. The third-order valence-corrected chi connectivity index (χ3v) is 6.65. The first-order valence-electron chi connectivity index (χ1n) is 13.5. The second-order valence-electron chi connectivity index (χ2n) is 9.99. The van der Waals surface area contributed by atoms with Crippen LogP contribution >= 0.6 is 0 Å². The van der Waals surface area contributed by atoms with E-state index in [-0.39, 0.29) is 11.7 Å². The van der Waals surface area contributed by atoms with Gasteiger partial charge in [0.15, 0.2) is 0 Å². The molecule has 4 aromatic rings. The van der Waals surface area contributed by atoms with Crippen LogP contribution in [-0.4, -0.2) is 65.3 Å². The number of amidine groups is 1. The smallest absolute Gasteiger partial charge is 0.251 e. The predicted octanol–water partition coefficient (Wildman–Crippen LogP) is 4.42. The Balaban J connectivity index is 1.25. The molecule has 1 amide bonds. The van der Waals surface area contributed by atoms with Crippen molar-refractivity contribution in [3.63, 3.8) is 0 Å². The van der Waals surface area contributed by atoms with Crippen LogP contribution in [0.4, 0.5) is 5.95 Å². The molecule has 0 bridgehead atoms. The predicted molar refractivity (Wildman–Crippen MR) is 158 cm³/mol. The van der Waals surface area contributed by atoms with E-state index in [9.17, 15) is 4.79 Å². The second kappa shape index (κ2) is 13.5. The lowest BCUT2D eigenvalue weighted by molar-refractivity contribution is 0.0954. The molecule has 39 heavy (non-hydrogen) atoms. The van der Waals surface area contributed by atoms with Crippen molar-refractivity contribution >= 4 is 28.6 Å². The van der Waals surface area contributed by atoms with Crippen molar-refractivity contribution in [2.24, 2.45) is 5.73 Å². The van der Waals surface area contributed by atoms with Crippen LogP contribution in [0.1, 0.15) is 47.2 Å². The van der Waals surface area contributed by atoms with Gasteiger partial charge in [0.05, 0.1) is 5.69 Å². The molecule has 0 spiro atoms. The Kier molecular flexibility index (Phi) is 9.64. The van der Waals surface area contributed by atoms with Crippen molar-refractivity contribution in [3.05, 3.63) is 77.6 Å². The molecule has 0 saturated carbocycles. The molecule has 0 aliphatic heterocycles. The van der Waals surface area contributed by atoms with Gasteiger partial charge in [-0.3, -0.25) is 10.2 Å². The molecule has 0 saturated heterocycles. The third-order valence-electron chi connectivity index (χ3n) is 6.65. The summed E-state index contributed by atoms with van der Waals surface area (Å²) in [6, 6.07) is 15.3. The normalized spacial score (nSPS) is 11.2. The minimum atomic E-state index is -0.121. The van der Waals surface area contributed by atoms with Crippen molar-refractivity contribution in [2.45, 2.75) is 32.1 Å². The van der Waals surface area contributed by atoms with Crippen molar-refractivity contribution in [1.82, 2.24) is 25.2 Å². The number of rotatable bonds is 14. The van der Waals surface area contributed by atoms with Gasteiger partial charge in [-0.05, 0) is 75.8 Å². The number of benzene rings is 2. The van der Waals surface area contributed by atoms with Crippen LogP contribution in [-0.2, 0) is 6.42 Å². The number of nitrogens with one attached hydrogen (secondary N) is 4. The summed E-state index contributed by atoms with van der Waals surface area (Å²) in [5.74, 6) is 0.534. The van der Waals surface area contributed by atoms with Crippen LogP contribution in [0, 0.1) is 5.41 Å². The fourth-order valence-corrected chi connectivity index (χ4v) is 4.47. The number of anilines is 1.